The summed E-state index contributed by atoms with van der Waals surface area (Å²) in [7, 11) is 1.66. The van der Waals surface area contributed by atoms with E-state index in [0.29, 0.717) is 6.54 Å². The number of hydrogen-bond donors (Lipinski definition) is 2. The lowest BCUT2D eigenvalue weighted by Crippen LogP contribution is -2.51. The number of nitrogens with one attached hydrogen (secondary N) is 2. The van der Waals surface area contributed by atoms with Gasteiger partial charge in [-0.25, -0.2) is 0 Å². The zero-order valence-electron chi connectivity index (χ0n) is 11.3. The van der Waals surface area contributed by atoms with Gasteiger partial charge in [-0.1, -0.05) is 0 Å². The van der Waals surface area contributed by atoms with Crippen molar-refractivity contribution in [1.29, 1.82) is 0 Å². The summed E-state index contributed by atoms with van der Waals surface area (Å²) in [4.78, 5) is 12.1. The molecule has 0 saturated carbocycles. The normalized spacial score (nSPS) is 24.9. The molecule has 0 spiro atoms. The molecule has 1 unspecified atom stereocenters. The molecule has 1 aliphatic rings. The molecule has 0 aromatic carbocycles. The van der Waals surface area contributed by atoms with Gasteiger partial charge in [-0.2, -0.15) is 0 Å². The van der Waals surface area contributed by atoms with Crippen molar-refractivity contribution in [2.24, 2.45) is 5.41 Å². The molecule has 17 heavy (non-hydrogen) atoms. The van der Waals surface area contributed by atoms with Crippen molar-refractivity contribution < 1.29 is 9.53 Å². The van der Waals surface area contributed by atoms with E-state index in [4.69, 9.17) is 4.74 Å². The van der Waals surface area contributed by atoms with Crippen LogP contribution in [0.1, 0.15) is 33.6 Å². The molecule has 1 aliphatic heterocycles. The lowest BCUT2D eigenvalue weighted by molar-refractivity contribution is -0.132. The quantitative estimate of drug-likeness (QED) is 0.806. The van der Waals surface area contributed by atoms with Crippen molar-refractivity contribution in [2.45, 2.75) is 39.2 Å². The maximum Gasteiger partial charge on any atom is 0.227 e. The third-order valence-electron chi connectivity index (χ3n) is 3.37. The van der Waals surface area contributed by atoms with Crippen LogP contribution in [0.5, 0.6) is 0 Å². The molecule has 0 aromatic heterocycles. The second-order valence-corrected chi connectivity index (χ2v) is 5.49. The molecule has 1 heterocycles. The Labute approximate surface area is 110 Å². The topological polar surface area (TPSA) is 50.4 Å². The Kier molecular flexibility index (Phi) is 6.45. The molecule has 2 N–H and O–H groups in total. The van der Waals surface area contributed by atoms with Crippen LogP contribution in [0, 0.1) is 5.41 Å². The third-order valence-corrected chi connectivity index (χ3v) is 3.37. The number of piperidine rings is 1. The standard InChI is InChI=1S/C12H24N2O2.ClH/c1-11(2,16-4)8-14-10(15)12(3)6-5-7-13-9-12;/h13H,5-9H2,1-4H3,(H,14,15);1H. The molecule has 0 aromatic rings. The van der Waals surface area contributed by atoms with Crippen LogP contribution in [-0.4, -0.2) is 38.3 Å². The van der Waals surface area contributed by atoms with E-state index in [1.807, 2.05) is 20.8 Å². The number of rotatable bonds is 4. The minimum absolute atomic E-state index is 0. The number of carbonyl (C=O) groups is 1. The van der Waals surface area contributed by atoms with E-state index in [1.165, 1.54) is 0 Å². The van der Waals surface area contributed by atoms with E-state index in [-0.39, 0.29) is 29.3 Å². The van der Waals surface area contributed by atoms with Gasteiger partial charge in [-0.3, -0.25) is 4.79 Å². The molecular weight excluding hydrogens is 240 g/mol. The van der Waals surface area contributed by atoms with E-state index in [0.717, 1.165) is 25.9 Å². The highest BCUT2D eigenvalue weighted by Crippen LogP contribution is 2.25. The van der Waals surface area contributed by atoms with Crippen LogP contribution < -0.4 is 10.6 Å². The van der Waals surface area contributed by atoms with Crippen molar-refractivity contribution >= 4 is 18.3 Å². The van der Waals surface area contributed by atoms with Gasteiger partial charge in [0.15, 0.2) is 0 Å². The summed E-state index contributed by atoms with van der Waals surface area (Å²) >= 11 is 0. The van der Waals surface area contributed by atoms with Gasteiger partial charge in [0, 0.05) is 20.2 Å². The number of methoxy groups -OCH3 is 1. The van der Waals surface area contributed by atoms with Crippen LogP contribution >= 0.6 is 12.4 Å². The summed E-state index contributed by atoms with van der Waals surface area (Å²) in [5.41, 5.74) is -0.559. The van der Waals surface area contributed by atoms with E-state index in [9.17, 15) is 4.79 Å². The van der Waals surface area contributed by atoms with Crippen LogP contribution in [0.4, 0.5) is 0 Å². The number of ether oxygens (including phenoxy) is 1. The molecule has 5 heteroatoms. The Morgan fingerprint density at radius 1 is 1.53 bits per heavy atom. The molecule has 102 valence electrons. The maximum absolute atomic E-state index is 12.1. The highest BCUT2D eigenvalue weighted by molar-refractivity contribution is 5.85. The second-order valence-electron chi connectivity index (χ2n) is 5.49. The Hall–Kier alpha value is -0.320. The fourth-order valence-electron chi connectivity index (χ4n) is 1.83. The Morgan fingerprint density at radius 2 is 2.18 bits per heavy atom. The zero-order valence-corrected chi connectivity index (χ0v) is 12.1. The monoisotopic (exact) mass is 264 g/mol. The summed E-state index contributed by atoms with van der Waals surface area (Å²) in [6.45, 7) is 8.30. The van der Waals surface area contributed by atoms with Crippen molar-refractivity contribution in [3.05, 3.63) is 0 Å². The molecular formula is C12H25ClN2O2. The lowest BCUT2D eigenvalue weighted by atomic mass is 9.82. The molecule has 1 saturated heterocycles. The smallest absolute Gasteiger partial charge is 0.227 e. The second kappa shape index (κ2) is 6.57. The Morgan fingerprint density at radius 3 is 2.65 bits per heavy atom. The Bertz CT molecular complexity index is 251. The minimum Gasteiger partial charge on any atom is -0.377 e. The average molecular weight is 265 g/mol. The maximum atomic E-state index is 12.1. The van der Waals surface area contributed by atoms with Crippen LogP contribution in [0.2, 0.25) is 0 Å². The number of carbonyl (C=O) groups excluding carboxylic acids is 1. The first kappa shape index (κ1) is 16.7. The minimum atomic E-state index is -0.298. The predicted molar refractivity (Wildman–Crippen MR) is 71.6 cm³/mol. The summed E-state index contributed by atoms with van der Waals surface area (Å²) < 4.78 is 5.28. The fraction of sp³-hybridized carbons (Fsp3) is 0.917. The third kappa shape index (κ3) is 4.82. The molecule has 0 bridgehead atoms. The van der Waals surface area contributed by atoms with Gasteiger partial charge < -0.3 is 15.4 Å². The van der Waals surface area contributed by atoms with Gasteiger partial charge in [0.05, 0.1) is 11.0 Å². The largest absolute Gasteiger partial charge is 0.377 e. The number of hydrogen-bond acceptors (Lipinski definition) is 3. The van der Waals surface area contributed by atoms with E-state index < -0.39 is 0 Å². The summed E-state index contributed by atoms with van der Waals surface area (Å²) in [5.74, 6) is 0.129. The zero-order chi connectivity index (χ0) is 12.2. The van der Waals surface area contributed by atoms with Gasteiger partial charge in [0.2, 0.25) is 5.91 Å². The molecule has 1 amide bonds. The fourth-order valence-corrected chi connectivity index (χ4v) is 1.83. The SMILES string of the molecule is COC(C)(C)CNC(=O)C1(C)CCCNC1.Cl. The van der Waals surface area contributed by atoms with E-state index in [2.05, 4.69) is 10.6 Å². The van der Waals surface area contributed by atoms with Gasteiger partial charge in [-0.05, 0) is 40.2 Å². The summed E-state index contributed by atoms with van der Waals surface area (Å²) in [6, 6.07) is 0. The first-order chi connectivity index (χ1) is 7.40. The summed E-state index contributed by atoms with van der Waals surface area (Å²) in [5, 5.41) is 6.26. The number of amides is 1. The first-order valence-electron chi connectivity index (χ1n) is 5.94. The van der Waals surface area contributed by atoms with Crippen LogP contribution in [0.3, 0.4) is 0 Å². The van der Waals surface area contributed by atoms with Crippen molar-refractivity contribution in [3.63, 3.8) is 0 Å². The van der Waals surface area contributed by atoms with Gasteiger partial charge in [0.1, 0.15) is 0 Å². The predicted octanol–water partition coefficient (Wildman–Crippen LogP) is 1.34. The van der Waals surface area contributed by atoms with E-state index in [1.54, 1.807) is 7.11 Å². The lowest BCUT2D eigenvalue weighted by Gasteiger charge is -2.34. The van der Waals surface area contributed by atoms with Crippen LogP contribution in [0.25, 0.3) is 0 Å². The Balaban J connectivity index is 0.00000256. The molecule has 1 atom stereocenters. The van der Waals surface area contributed by atoms with Crippen LogP contribution in [-0.2, 0) is 9.53 Å². The van der Waals surface area contributed by atoms with Crippen LogP contribution in [0.15, 0.2) is 0 Å². The van der Waals surface area contributed by atoms with Gasteiger partial charge in [0.25, 0.3) is 0 Å². The van der Waals surface area contributed by atoms with Crippen molar-refractivity contribution in [1.82, 2.24) is 10.6 Å². The number of halogens is 1. The first-order valence-corrected chi connectivity index (χ1v) is 5.94. The van der Waals surface area contributed by atoms with Crippen molar-refractivity contribution in [3.8, 4) is 0 Å². The average Bonchev–Trinajstić information content (AvgIpc) is 2.27. The van der Waals surface area contributed by atoms with Crippen molar-refractivity contribution in [2.75, 3.05) is 26.7 Å². The molecule has 0 aliphatic carbocycles. The molecule has 0 radical (unpaired) electrons. The molecule has 1 rings (SSSR count). The molecule has 1 fully saturated rings. The van der Waals surface area contributed by atoms with Gasteiger partial charge >= 0.3 is 0 Å². The van der Waals surface area contributed by atoms with Gasteiger partial charge in [-0.15, -0.1) is 12.4 Å². The van der Waals surface area contributed by atoms with E-state index >= 15 is 0 Å². The molecule has 4 nitrogen and oxygen atoms in total. The highest BCUT2D eigenvalue weighted by atomic mass is 35.5. The highest BCUT2D eigenvalue weighted by Gasteiger charge is 2.35. The summed E-state index contributed by atoms with van der Waals surface area (Å²) in [6.07, 6.45) is 2.02.